The Labute approximate surface area is 153 Å². The fraction of sp³-hybridized carbons (Fsp3) is 0.688. The summed E-state index contributed by atoms with van der Waals surface area (Å²) in [6.45, 7) is 7.99. The van der Waals surface area contributed by atoms with Gasteiger partial charge in [0, 0.05) is 18.8 Å². The van der Waals surface area contributed by atoms with Gasteiger partial charge in [0.05, 0.1) is 26.4 Å². The van der Waals surface area contributed by atoms with E-state index in [4.69, 9.17) is 18.9 Å². The monoisotopic (exact) mass is 373 g/mol. The first kappa shape index (κ1) is 21.5. The van der Waals surface area contributed by atoms with Gasteiger partial charge < -0.3 is 24.3 Å². The summed E-state index contributed by atoms with van der Waals surface area (Å²) in [5.41, 5.74) is -0.496. The molecule has 25 heavy (non-hydrogen) atoms. The molecule has 0 saturated heterocycles. The van der Waals surface area contributed by atoms with Crippen molar-refractivity contribution in [1.29, 1.82) is 0 Å². The highest BCUT2D eigenvalue weighted by molar-refractivity contribution is 7.98. The van der Waals surface area contributed by atoms with E-state index >= 15 is 0 Å². The van der Waals surface area contributed by atoms with Crippen molar-refractivity contribution in [2.24, 2.45) is 0 Å². The summed E-state index contributed by atoms with van der Waals surface area (Å²) in [6, 6.07) is 1.71. The second kappa shape index (κ2) is 11.9. The van der Waals surface area contributed by atoms with Gasteiger partial charge in [-0.2, -0.15) is 4.98 Å². The molecule has 8 nitrogen and oxygen atoms in total. The summed E-state index contributed by atoms with van der Waals surface area (Å²) >= 11 is 1.46. The first-order valence-electron chi connectivity index (χ1n) is 8.03. The number of ether oxygens (including phenoxy) is 4. The zero-order valence-electron chi connectivity index (χ0n) is 15.2. The number of nitrogens with one attached hydrogen (secondary N) is 1. The van der Waals surface area contributed by atoms with E-state index in [0.717, 1.165) is 0 Å². The van der Waals surface area contributed by atoms with Crippen LogP contribution in [0.25, 0.3) is 0 Å². The summed E-state index contributed by atoms with van der Waals surface area (Å²) in [4.78, 5) is 19.7. The molecule has 0 aliphatic heterocycles. The van der Waals surface area contributed by atoms with Crippen LogP contribution in [0.1, 0.15) is 20.8 Å². The van der Waals surface area contributed by atoms with Crippen LogP contribution in [0.15, 0.2) is 17.4 Å². The van der Waals surface area contributed by atoms with Crippen molar-refractivity contribution in [3.05, 3.63) is 12.3 Å². The van der Waals surface area contributed by atoms with Gasteiger partial charge in [-0.15, -0.1) is 0 Å². The number of carbonyl (C=O) groups excluding carboxylic acids is 1. The minimum Gasteiger partial charge on any atom is -0.475 e. The Morgan fingerprint density at radius 1 is 1.16 bits per heavy atom. The standard InChI is InChI=1S/C16H27N3O5S/c1-16(2,3)24-15(20)18-7-8-21-9-10-22-11-12-23-13-5-6-17-14(19-13)25-4/h5-6H,7-12H2,1-4H3,(H,18,20). The molecule has 142 valence electrons. The van der Waals surface area contributed by atoms with Gasteiger partial charge in [0.2, 0.25) is 5.88 Å². The fourth-order valence-electron chi connectivity index (χ4n) is 1.57. The molecule has 0 radical (unpaired) electrons. The highest BCUT2D eigenvalue weighted by Gasteiger charge is 2.15. The fourth-order valence-corrected chi connectivity index (χ4v) is 1.92. The summed E-state index contributed by atoms with van der Waals surface area (Å²) in [5, 5.41) is 3.29. The van der Waals surface area contributed by atoms with E-state index in [1.165, 1.54) is 11.8 Å². The lowest BCUT2D eigenvalue weighted by Crippen LogP contribution is -2.34. The molecular formula is C16H27N3O5S. The molecule has 0 spiro atoms. The maximum Gasteiger partial charge on any atom is 0.407 e. The Hall–Kier alpha value is -1.58. The van der Waals surface area contributed by atoms with Gasteiger partial charge in [-0.05, 0) is 27.0 Å². The number of alkyl carbamates (subject to hydrolysis) is 1. The first-order valence-corrected chi connectivity index (χ1v) is 9.25. The number of hydrogen-bond acceptors (Lipinski definition) is 8. The molecule has 0 aliphatic rings. The minimum atomic E-state index is -0.496. The second-order valence-electron chi connectivity index (χ2n) is 5.88. The van der Waals surface area contributed by atoms with E-state index in [2.05, 4.69) is 15.3 Å². The van der Waals surface area contributed by atoms with Crippen molar-refractivity contribution in [3.63, 3.8) is 0 Å². The second-order valence-corrected chi connectivity index (χ2v) is 6.66. The van der Waals surface area contributed by atoms with Crippen LogP contribution in [0.2, 0.25) is 0 Å². The number of rotatable bonds is 11. The largest absolute Gasteiger partial charge is 0.475 e. The van der Waals surface area contributed by atoms with Crippen LogP contribution in [0.5, 0.6) is 5.88 Å². The molecule has 1 aromatic rings. The smallest absolute Gasteiger partial charge is 0.407 e. The molecule has 0 atom stereocenters. The van der Waals surface area contributed by atoms with E-state index < -0.39 is 11.7 Å². The number of aromatic nitrogens is 2. The summed E-state index contributed by atoms with van der Waals surface area (Å²) in [5.74, 6) is 0.535. The maximum absolute atomic E-state index is 11.4. The van der Waals surface area contributed by atoms with Gasteiger partial charge in [-0.25, -0.2) is 9.78 Å². The van der Waals surface area contributed by atoms with Crippen molar-refractivity contribution in [2.75, 3.05) is 45.8 Å². The topological polar surface area (TPSA) is 91.8 Å². The first-order chi connectivity index (χ1) is 11.9. The molecule has 0 unspecified atom stereocenters. The zero-order valence-corrected chi connectivity index (χ0v) is 16.1. The van der Waals surface area contributed by atoms with Crippen molar-refractivity contribution in [1.82, 2.24) is 15.3 Å². The molecule has 1 aromatic heterocycles. The number of nitrogens with zero attached hydrogens (tertiary/aromatic N) is 2. The van der Waals surface area contributed by atoms with Gasteiger partial charge >= 0.3 is 6.09 Å². The summed E-state index contributed by atoms with van der Waals surface area (Å²) < 4.78 is 21.3. The normalized spacial score (nSPS) is 11.2. The predicted molar refractivity (Wildman–Crippen MR) is 95.2 cm³/mol. The lowest BCUT2D eigenvalue weighted by atomic mass is 10.2. The molecule has 9 heteroatoms. The summed E-state index contributed by atoms with van der Waals surface area (Å²) in [7, 11) is 0. The molecule has 1 rings (SSSR count). The molecule has 1 heterocycles. The maximum atomic E-state index is 11.4. The van der Waals surface area contributed by atoms with Gasteiger partial charge in [0.1, 0.15) is 12.2 Å². The third-order valence-electron chi connectivity index (χ3n) is 2.55. The average Bonchev–Trinajstić information content (AvgIpc) is 2.55. The molecule has 0 aliphatic carbocycles. The Bertz CT molecular complexity index is 511. The average molecular weight is 373 g/mol. The van der Waals surface area contributed by atoms with E-state index in [-0.39, 0.29) is 0 Å². The van der Waals surface area contributed by atoms with E-state index in [1.54, 1.807) is 12.3 Å². The summed E-state index contributed by atoms with van der Waals surface area (Å²) in [6.07, 6.45) is 3.12. The Morgan fingerprint density at radius 3 is 2.52 bits per heavy atom. The highest BCUT2D eigenvalue weighted by atomic mass is 32.2. The number of amides is 1. The third kappa shape index (κ3) is 11.6. The van der Waals surface area contributed by atoms with Crippen molar-refractivity contribution >= 4 is 17.9 Å². The Morgan fingerprint density at radius 2 is 1.84 bits per heavy atom. The lowest BCUT2D eigenvalue weighted by Gasteiger charge is -2.19. The van der Waals surface area contributed by atoms with Gasteiger partial charge in [0.15, 0.2) is 5.16 Å². The zero-order chi connectivity index (χ0) is 18.5. The Kier molecular flexibility index (Phi) is 10.2. The van der Waals surface area contributed by atoms with Crippen molar-refractivity contribution in [2.45, 2.75) is 31.5 Å². The molecule has 0 aromatic carbocycles. The van der Waals surface area contributed by atoms with Crippen LogP contribution >= 0.6 is 11.8 Å². The SMILES string of the molecule is CSc1nccc(OCCOCCOCCNC(=O)OC(C)(C)C)n1. The molecule has 0 saturated carbocycles. The van der Waals surface area contributed by atoms with Gasteiger partial charge in [-0.1, -0.05) is 11.8 Å². The quantitative estimate of drug-likeness (QED) is 0.358. The van der Waals surface area contributed by atoms with Crippen molar-refractivity contribution < 1.29 is 23.7 Å². The minimum absolute atomic E-state index is 0.392. The molecule has 0 bridgehead atoms. The lowest BCUT2D eigenvalue weighted by molar-refractivity contribution is 0.0323. The third-order valence-corrected chi connectivity index (χ3v) is 3.12. The van der Waals surface area contributed by atoms with Crippen LogP contribution in [-0.2, 0) is 14.2 Å². The predicted octanol–water partition coefficient (Wildman–Crippen LogP) is 2.14. The van der Waals surface area contributed by atoms with Crippen LogP contribution in [0.3, 0.4) is 0 Å². The van der Waals surface area contributed by atoms with Crippen LogP contribution in [0, 0.1) is 0 Å². The van der Waals surface area contributed by atoms with Crippen LogP contribution in [0.4, 0.5) is 4.79 Å². The number of carbonyl (C=O) groups is 1. The number of thioether (sulfide) groups is 1. The highest BCUT2D eigenvalue weighted by Crippen LogP contribution is 2.12. The van der Waals surface area contributed by atoms with E-state index in [9.17, 15) is 4.79 Å². The molecule has 1 amide bonds. The van der Waals surface area contributed by atoms with Crippen molar-refractivity contribution in [3.8, 4) is 5.88 Å². The van der Waals surface area contributed by atoms with Crippen LogP contribution in [-0.4, -0.2) is 67.5 Å². The van der Waals surface area contributed by atoms with Crippen LogP contribution < -0.4 is 10.1 Å². The Balaban J connectivity index is 1.93. The van der Waals surface area contributed by atoms with Gasteiger partial charge in [-0.3, -0.25) is 0 Å². The van der Waals surface area contributed by atoms with E-state index in [1.807, 2.05) is 27.0 Å². The van der Waals surface area contributed by atoms with Gasteiger partial charge in [0.25, 0.3) is 0 Å². The number of hydrogen-bond donors (Lipinski definition) is 1. The molecule has 0 fully saturated rings. The van der Waals surface area contributed by atoms with E-state index in [0.29, 0.717) is 50.6 Å². The molecular weight excluding hydrogens is 346 g/mol. The molecule has 1 N–H and O–H groups in total.